The molecule has 0 aliphatic rings. The van der Waals surface area contributed by atoms with Crippen molar-refractivity contribution in [1.29, 1.82) is 0 Å². The first-order valence-electron chi connectivity index (χ1n) is 8.01. The Morgan fingerprint density at radius 2 is 1.91 bits per heavy atom. The third-order valence-corrected chi connectivity index (χ3v) is 5.93. The highest BCUT2D eigenvalue weighted by Gasteiger charge is 2.52. The quantitative estimate of drug-likeness (QED) is 0.331. The number of thioether (sulfide) groups is 1. The minimum absolute atomic E-state index is 0.315. The molecule has 128 valence electrons. The Morgan fingerprint density at radius 1 is 1.22 bits per heavy atom. The van der Waals surface area contributed by atoms with Crippen LogP contribution in [0.1, 0.15) is 33.6 Å². The van der Waals surface area contributed by atoms with E-state index in [-0.39, 0.29) is 5.97 Å². The molecule has 0 radical (unpaired) electrons. The fourth-order valence-electron chi connectivity index (χ4n) is 2.41. The van der Waals surface area contributed by atoms with Gasteiger partial charge in [0, 0.05) is 11.5 Å². The minimum Gasteiger partial charge on any atom is -0.466 e. The second kappa shape index (κ2) is 10.8. The zero-order valence-corrected chi connectivity index (χ0v) is 15.9. The lowest BCUT2D eigenvalue weighted by atomic mass is 9.97. The Balaban J connectivity index is 3.00. The summed E-state index contributed by atoms with van der Waals surface area (Å²) < 4.78 is 23.1. The van der Waals surface area contributed by atoms with Crippen LogP contribution in [-0.4, -0.2) is 30.3 Å². The van der Waals surface area contributed by atoms with Crippen molar-refractivity contribution < 1.29 is 18.8 Å². The number of hydrogen-bond donors (Lipinski definition) is 0. The van der Waals surface area contributed by atoms with E-state index >= 15 is 0 Å². The number of carbonyl (C=O) groups excluding carboxylic acids is 1. The number of rotatable bonds is 11. The summed E-state index contributed by atoms with van der Waals surface area (Å²) in [5.74, 6) is -0.379. The van der Waals surface area contributed by atoms with Gasteiger partial charge in [0.05, 0.1) is 12.4 Å². The van der Waals surface area contributed by atoms with E-state index in [1.54, 1.807) is 18.7 Å². The first-order valence-corrected chi connectivity index (χ1v) is 9.90. The Bertz CT molecular complexity index is 483. The molecule has 0 aliphatic carbocycles. The standard InChI is InChI=1S/C17H25O4PS/c1-4-10-15(16(18)20-5-2)17(22-19,21-6-3)13-23-14-11-8-7-9-12-14/h7-9,11-12,15H,4-6,10,13H2,1-3H3/p+1. The van der Waals surface area contributed by atoms with Crippen LogP contribution in [0, 0.1) is 5.92 Å². The van der Waals surface area contributed by atoms with E-state index in [9.17, 15) is 9.36 Å². The third kappa shape index (κ3) is 5.91. The van der Waals surface area contributed by atoms with Gasteiger partial charge in [0.2, 0.25) is 0 Å². The van der Waals surface area contributed by atoms with Gasteiger partial charge >= 0.3 is 14.4 Å². The highest BCUT2D eigenvalue weighted by molar-refractivity contribution is 7.99. The van der Waals surface area contributed by atoms with Crippen molar-refractivity contribution >= 4 is 26.2 Å². The van der Waals surface area contributed by atoms with Crippen molar-refractivity contribution in [3.05, 3.63) is 30.3 Å². The lowest BCUT2D eigenvalue weighted by Gasteiger charge is -2.28. The van der Waals surface area contributed by atoms with Gasteiger partial charge in [0.25, 0.3) is 5.34 Å². The summed E-state index contributed by atoms with van der Waals surface area (Å²) in [6.07, 6.45) is 1.40. The zero-order valence-electron chi connectivity index (χ0n) is 14.0. The lowest BCUT2D eigenvalue weighted by Crippen LogP contribution is -2.43. The summed E-state index contributed by atoms with van der Waals surface area (Å²) in [5.41, 5.74) is 0. The SMILES string of the molecule is CCCC(C(=O)OCC)C(CSc1ccccc1)(OCC)[PH+]=O. The number of esters is 1. The van der Waals surface area contributed by atoms with Crippen LogP contribution in [0.15, 0.2) is 35.2 Å². The molecular formula is C17H26O4PS+. The second-order valence-electron chi connectivity index (χ2n) is 5.12. The molecule has 3 atom stereocenters. The lowest BCUT2D eigenvalue weighted by molar-refractivity contribution is -0.155. The highest BCUT2D eigenvalue weighted by atomic mass is 32.2. The fourth-order valence-corrected chi connectivity index (χ4v) is 4.49. The van der Waals surface area contributed by atoms with Gasteiger partial charge in [-0.25, -0.2) is 0 Å². The van der Waals surface area contributed by atoms with E-state index in [1.807, 2.05) is 44.2 Å². The van der Waals surface area contributed by atoms with E-state index in [2.05, 4.69) is 0 Å². The first kappa shape index (κ1) is 20.1. The molecule has 4 nitrogen and oxygen atoms in total. The summed E-state index contributed by atoms with van der Waals surface area (Å²) in [6.45, 7) is 6.36. The summed E-state index contributed by atoms with van der Waals surface area (Å²) in [6, 6.07) is 9.86. The maximum atomic E-state index is 12.4. The molecule has 1 rings (SSSR count). The predicted octanol–water partition coefficient (Wildman–Crippen LogP) is 4.51. The average molecular weight is 357 g/mol. The van der Waals surface area contributed by atoms with E-state index in [0.717, 1.165) is 11.3 Å². The maximum Gasteiger partial charge on any atom is 0.361 e. The van der Waals surface area contributed by atoms with Crippen molar-refractivity contribution in [2.75, 3.05) is 19.0 Å². The van der Waals surface area contributed by atoms with Crippen LogP contribution in [0.2, 0.25) is 0 Å². The van der Waals surface area contributed by atoms with Gasteiger partial charge in [-0.2, -0.15) is 0 Å². The van der Waals surface area contributed by atoms with Crippen LogP contribution in [0.25, 0.3) is 0 Å². The molecule has 6 heteroatoms. The summed E-state index contributed by atoms with van der Waals surface area (Å²) >= 11 is 1.56. The molecule has 0 bridgehead atoms. The molecule has 0 aromatic heterocycles. The van der Waals surface area contributed by atoms with Crippen molar-refractivity contribution in [3.63, 3.8) is 0 Å². The van der Waals surface area contributed by atoms with Crippen LogP contribution >= 0.6 is 20.2 Å². The van der Waals surface area contributed by atoms with Gasteiger partial charge in [-0.15, -0.1) is 11.8 Å². The molecule has 23 heavy (non-hydrogen) atoms. The molecule has 0 heterocycles. The van der Waals surface area contributed by atoms with Crippen LogP contribution in [-0.2, 0) is 18.8 Å². The molecule has 3 unspecified atom stereocenters. The van der Waals surface area contributed by atoms with E-state index < -0.39 is 19.7 Å². The molecule has 0 spiro atoms. The minimum atomic E-state index is -1.00. The maximum absolute atomic E-state index is 12.4. The monoisotopic (exact) mass is 357 g/mol. The number of ether oxygens (including phenoxy) is 2. The molecule has 0 amide bonds. The molecule has 0 saturated carbocycles. The number of hydrogen-bond acceptors (Lipinski definition) is 5. The number of carbonyl (C=O) groups is 1. The fraction of sp³-hybridized carbons (Fsp3) is 0.588. The molecule has 1 aromatic rings. The normalized spacial score (nSPS) is 15.1. The zero-order chi connectivity index (χ0) is 17.1. The first-order chi connectivity index (χ1) is 11.1. The molecule has 1 aromatic carbocycles. The van der Waals surface area contributed by atoms with Gasteiger partial charge in [-0.05, 0) is 32.4 Å². The summed E-state index contributed by atoms with van der Waals surface area (Å²) in [4.78, 5) is 13.4. The Kier molecular flexibility index (Phi) is 9.46. The van der Waals surface area contributed by atoms with Crippen molar-refractivity contribution in [1.82, 2.24) is 0 Å². The Morgan fingerprint density at radius 3 is 2.43 bits per heavy atom. The van der Waals surface area contributed by atoms with E-state index in [1.165, 1.54) is 0 Å². The predicted molar refractivity (Wildman–Crippen MR) is 95.6 cm³/mol. The second-order valence-corrected chi connectivity index (χ2v) is 7.22. The van der Waals surface area contributed by atoms with Crippen molar-refractivity contribution in [2.24, 2.45) is 5.92 Å². The van der Waals surface area contributed by atoms with Crippen LogP contribution in [0.4, 0.5) is 0 Å². The molecule has 0 fully saturated rings. The van der Waals surface area contributed by atoms with Crippen molar-refractivity contribution in [3.8, 4) is 0 Å². The van der Waals surface area contributed by atoms with Crippen LogP contribution in [0.5, 0.6) is 0 Å². The van der Waals surface area contributed by atoms with E-state index in [0.29, 0.717) is 25.4 Å². The third-order valence-electron chi connectivity index (χ3n) is 3.48. The molecule has 0 aliphatic heterocycles. The van der Waals surface area contributed by atoms with Gasteiger partial charge < -0.3 is 9.47 Å². The molecule has 0 saturated heterocycles. The summed E-state index contributed by atoms with van der Waals surface area (Å²) in [5, 5.41) is -1.00. The smallest absolute Gasteiger partial charge is 0.361 e. The van der Waals surface area contributed by atoms with Gasteiger partial charge in [-0.3, -0.25) is 4.79 Å². The van der Waals surface area contributed by atoms with Crippen LogP contribution < -0.4 is 0 Å². The van der Waals surface area contributed by atoms with Gasteiger partial charge in [0.15, 0.2) is 0 Å². The molecule has 0 N–H and O–H groups in total. The largest absolute Gasteiger partial charge is 0.466 e. The van der Waals surface area contributed by atoms with Crippen molar-refractivity contribution in [2.45, 2.75) is 43.9 Å². The van der Waals surface area contributed by atoms with Gasteiger partial charge in [0.1, 0.15) is 5.92 Å². The number of benzene rings is 1. The van der Waals surface area contributed by atoms with Gasteiger partial charge in [-0.1, -0.05) is 36.1 Å². The van der Waals surface area contributed by atoms with E-state index in [4.69, 9.17) is 9.47 Å². The topological polar surface area (TPSA) is 52.6 Å². The highest BCUT2D eigenvalue weighted by Crippen LogP contribution is 2.41. The van der Waals surface area contributed by atoms with Crippen LogP contribution in [0.3, 0.4) is 0 Å². The Hall–Kier alpha value is -0.900. The summed E-state index contributed by atoms with van der Waals surface area (Å²) in [7, 11) is -0.729. The Labute approximate surface area is 144 Å². The molecular weight excluding hydrogens is 331 g/mol. The average Bonchev–Trinajstić information content (AvgIpc) is 2.58.